The van der Waals surface area contributed by atoms with Crippen molar-refractivity contribution < 1.29 is 9.53 Å². The molecule has 4 rings (SSSR count). The molecule has 0 spiro atoms. The van der Waals surface area contributed by atoms with Crippen molar-refractivity contribution in [2.75, 3.05) is 10.6 Å². The summed E-state index contributed by atoms with van der Waals surface area (Å²) in [6.07, 6.45) is 0. The average molecular weight is 449 g/mol. The van der Waals surface area contributed by atoms with E-state index in [1.807, 2.05) is 19.9 Å². The number of anilines is 2. The number of aryl methyl sites for hydroxylation is 3. The summed E-state index contributed by atoms with van der Waals surface area (Å²) in [6.45, 7) is 5.69. The van der Waals surface area contributed by atoms with Gasteiger partial charge in [0.05, 0.1) is 5.69 Å². The van der Waals surface area contributed by atoms with E-state index >= 15 is 0 Å². The van der Waals surface area contributed by atoms with Crippen LogP contribution in [0.5, 0.6) is 11.6 Å². The zero-order valence-corrected chi connectivity index (χ0v) is 18.5. The average Bonchev–Trinajstić information content (AvgIpc) is 3.07. The first-order valence-electron chi connectivity index (χ1n) is 9.86. The van der Waals surface area contributed by atoms with Crippen LogP contribution >= 0.6 is 11.6 Å². The summed E-state index contributed by atoms with van der Waals surface area (Å²) >= 11 is 5.94. The van der Waals surface area contributed by atoms with Crippen molar-refractivity contribution in [3.05, 3.63) is 82.9 Å². The highest BCUT2D eigenvalue weighted by Gasteiger charge is 2.10. The molecule has 0 bridgehead atoms. The molecule has 0 aliphatic carbocycles. The van der Waals surface area contributed by atoms with Crippen LogP contribution in [0.3, 0.4) is 0 Å². The summed E-state index contributed by atoms with van der Waals surface area (Å²) < 4.78 is 7.65. The quantitative estimate of drug-likeness (QED) is 0.409. The van der Waals surface area contributed by atoms with Gasteiger partial charge < -0.3 is 15.4 Å². The lowest BCUT2D eigenvalue weighted by molar-refractivity contribution is 0.262. The van der Waals surface area contributed by atoms with Gasteiger partial charge in [-0.3, -0.25) is 0 Å². The molecule has 2 aromatic heterocycles. The molecule has 2 amide bonds. The summed E-state index contributed by atoms with van der Waals surface area (Å²) in [4.78, 5) is 21.0. The van der Waals surface area contributed by atoms with Gasteiger partial charge >= 0.3 is 6.03 Å². The molecule has 2 heterocycles. The Morgan fingerprint density at radius 2 is 1.69 bits per heavy atom. The fourth-order valence-electron chi connectivity index (χ4n) is 3.13. The van der Waals surface area contributed by atoms with E-state index in [9.17, 15) is 4.79 Å². The van der Waals surface area contributed by atoms with E-state index in [-0.39, 0.29) is 6.03 Å². The van der Waals surface area contributed by atoms with Crippen LogP contribution in [0.2, 0.25) is 5.02 Å². The fourth-order valence-corrected chi connectivity index (χ4v) is 3.32. The van der Waals surface area contributed by atoms with Gasteiger partial charge in [0.2, 0.25) is 5.88 Å². The molecule has 2 aromatic carbocycles. The summed E-state index contributed by atoms with van der Waals surface area (Å²) in [5, 5.41) is 10.5. The third-order valence-electron chi connectivity index (χ3n) is 4.44. The highest BCUT2D eigenvalue weighted by atomic mass is 35.5. The number of urea groups is 1. The number of halogens is 1. The number of hydrogen-bond donors (Lipinski definition) is 2. The van der Waals surface area contributed by atoms with Crippen molar-refractivity contribution in [2.45, 2.75) is 20.8 Å². The zero-order chi connectivity index (χ0) is 22.7. The maximum Gasteiger partial charge on any atom is 0.323 e. The molecule has 0 saturated heterocycles. The fraction of sp³-hybridized carbons (Fsp3) is 0.130. The van der Waals surface area contributed by atoms with Gasteiger partial charge in [-0.25, -0.2) is 14.5 Å². The highest BCUT2D eigenvalue weighted by molar-refractivity contribution is 6.30. The third kappa shape index (κ3) is 5.22. The molecule has 0 aliphatic heterocycles. The monoisotopic (exact) mass is 448 g/mol. The summed E-state index contributed by atoms with van der Waals surface area (Å²) in [5.74, 6) is 2.18. The van der Waals surface area contributed by atoms with Gasteiger partial charge in [0, 0.05) is 28.2 Å². The summed E-state index contributed by atoms with van der Waals surface area (Å²) in [5.41, 5.74) is 3.09. The number of carbonyl (C=O) groups excluding carboxylic acids is 1. The molecule has 0 unspecified atom stereocenters. The van der Waals surface area contributed by atoms with Crippen molar-refractivity contribution >= 4 is 29.0 Å². The maximum atomic E-state index is 12.2. The Balaban J connectivity index is 1.43. The lowest BCUT2D eigenvalue weighted by Gasteiger charge is -2.10. The topological polar surface area (TPSA) is 94.0 Å². The van der Waals surface area contributed by atoms with Crippen LogP contribution in [0.15, 0.2) is 60.7 Å². The van der Waals surface area contributed by atoms with Gasteiger partial charge in [-0.15, -0.1) is 0 Å². The van der Waals surface area contributed by atoms with Crippen molar-refractivity contribution in [1.82, 2.24) is 19.7 Å². The van der Waals surface area contributed by atoms with Crippen LogP contribution in [-0.4, -0.2) is 25.8 Å². The van der Waals surface area contributed by atoms with E-state index in [2.05, 4.69) is 25.7 Å². The number of nitrogens with zero attached hydrogens (tertiary/aromatic N) is 4. The van der Waals surface area contributed by atoms with Crippen LogP contribution in [0, 0.1) is 20.8 Å². The molecule has 2 N–H and O–H groups in total. The molecule has 0 radical (unpaired) electrons. The number of nitrogens with one attached hydrogen (secondary N) is 2. The molecule has 8 nitrogen and oxygen atoms in total. The van der Waals surface area contributed by atoms with Crippen molar-refractivity contribution in [3.8, 4) is 17.4 Å². The second-order valence-corrected chi connectivity index (χ2v) is 7.60. The molecular formula is C23H21ClN6O2. The van der Waals surface area contributed by atoms with Gasteiger partial charge in [0.15, 0.2) is 5.82 Å². The molecule has 0 atom stereocenters. The summed E-state index contributed by atoms with van der Waals surface area (Å²) in [6, 6.07) is 17.2. The molecule has 9 heteroatoms. The molecular weight excluding hydrogens is 428 g/mol. The molecule has 32 heavy (non-hydrogen) atoms. The number of amides is 2. The Morgan fingerprint density at radius 3 is 2.38 bits per heavy atom. The second-order valence-electron chi connectivity index (χ2n) is 7.17. The smallest absolute Gasteiger partial charge is 0.323 e. The van der Waals surface area contributed by atoms with Crippen molar-refractivity contribution in [2.24, 2.45) is 0 Å². The van der Waals surface area contributed by atoms with Crippen molar-refractivity contribution in [3.63, 3.8) is 0 Å². The first-order chi connectivity index (χ1) is 15.4. The number of rotatable bonds is 5. The minimum atomic E-state index is -0.373. The normalized spacial score (nSPS) is 10.6. The SMILES string of the molecule is Cc1cc(C)n(-c2cc(Oc3ccc(NC(=O)Nc4cccc(Cl)c4)cc3)nc(C)n2)n1. The Hall–Kier alpha value is -3.91. The molecule has 0 fully saturated rings. The lowest BCUT2D eigenvalue weighted by Crippen LogP contribution is -2.19. The Morgan fingerprint density at radius 1 is 0.938 bits per heavy atom. The number of ether oxygens (including phenoxy) is 1. The minimum absolute atomic E-state index is 0.373. The largest absolute Gasteiger partial charge is 0.439 e. The van der Waals surface area contributed by atoms with Gasteiger partial charge in [-0.05, 0) is 69.3 Å². The molecule has 0 aliphatic rings. The van der Waals surface area contributed by atoms with Gasteiger partial charge in [0.1, 0.15) is 11.6 Å². The van der Waals surface area contributed by atoms with Gasteiger partial charge in [0.25, 0.3) is 0 Å². The van der Waals surface area contributed by atoms with Crippen LogP contribution < -0.4 is 15.4 Å². The zero-order valence-electron chi connectivity index (χ0n) is 17.8. The lowest BCUT2D eigenvalue weighted by atomic mass is 10.3. The van der Waals surface area contributed by atoms with Crippen LogP contribution in [0.1, 0.15) is 17.2 Å². The first-order valence-corrected chi connectivity index (χ1v) is 10.2. The second kappa shape index (κ2) is 9.07. The van der Waals surface area contributed by atoms with E-state index < -0.39 is 0 Å². The van der Waals surface area contributed by atoms with E-state index in [1.54, 1.807) is 66.2 Å². The molecule has 4 aromatic rings. The number of aromatic nitrogens is 4. The van der Waals surface area contributed by atoms with E-state index in [1.165, 1.54) is 0 Å². The standard InChI is InChI=1S/C23H21ClN6O2/c1-14-11-15(2)30(29-14)21-13-22(26-16(3)25-21)32-20-9-7-18(8-10-20)27-23(31)28-19-6-4-5-17(24)12-19/h4-13H,1-3H3,(H2,27,28,31). The minimum Gasteiger partial charge on any atom is -0.439 e. The summed E-state index contributed by atoms with van der Waals surface area (Å²) in [7, 11) is 0. The third-order valence-corrected chi connectivity index (χ3v) is 4.68. The number of hydrogen-bond acceptors (Lipinski definition) is 5. The number of benzene rings is 2. The van der Waals surface area contributed by atoms with Gasteiger partial charge in [-0.2, -0.15) is 10.1 Å². The predicted octanol–water partition coefficient (Wildman–Crippen LogP) is 5.68. The Labute approximate surface area is 190 Å². The van der Waals surface area contributed by atoms with Crippen LogP contribution in [0.4, 0.5) is 16.2 Å². The molecule has 162 valence electrons. The molecule has 0 saturated carbocycles. The van der Waals surface area contributed by atoms with Crippen LogP contribution in [-0.2, 0) is 0 Å². The van der Waals surface area contributed by atoms with Crippen LogP contribution in [0.25, 0.3) is 5.82 Å². The predicted molar refractivity (Wildman–Crippen MR) is 124 cm³/mol. The number of carbonyl (C=O) groups is 1. The highest BCUT2D eigenvalue weighted by Crippen LogP contribution is 2.24. The van der Waals surface area contributed by atoms with E-state index in [0.29, 0.717) is 39.7 Å². The Bertz CT molecular complexity index is 1270. The first kappa shape index (κ1) is 21.3. The van der Waals surface area contributed by atoms with Crippen molar-refractivity contribution in [1.29, 1.82) is 0 Å². The van der Waals surface area contributed by atoms with E-state index in [4.69, 9.17) is 16.3 Å². The van der Waals surface area contributed by atoms with Gasteiger partial charge in [-0.1, -0.05) is 17.7 Å². The van der Waals surface area contributed by atoms with E-state index in [0.717, 1.165) is 11.4 Å². The maximum absolute atomic E-state index is 12.2. The Kier molecular flexibility index (Phi) is 6.04.